The zero-order chi connectivity index (χ0) is 18.4. The Morgan fingerprint density at radius 2 is 1.64 bits per heavy atom. The third kappa shape index (κ3) is 5.04. The lowest BCUT2D eigenvalue weighted by Crippen LogP contribution is -2.41. The highest BCUT2D eigenvalue weighted by atomic mass is 32.2. The molecule has 0 atom stereocenters. The highest BCUT2D eigenvalue weighted by Crippen LogP contribution is 2.16. The highest BCUT2D eigenvalue weighted by Gasteiger charge is 2.16. The third-order valence-corrected chi connectivity index (χ3v) is 4.85. The van der Waals surface area contributed by atoms with E-state index in [1.54, 1.807) is 24.3 Å². The number of carbonyl (C=O) groups is 1. The molecule has 0 aliphatic carbocycles. The van der Waals surface area contributed by atoms with Gasteiger partial charge in [0, 0.05) is 5.56 Å². The lowest BCUT2D eigenvalue weighted by atomic mass is 10.0. The molecule has 2 rings (SSSR count). The van der Waals surface area contributed by atoms with Crippen LogP contribution in [0, 0.1) is 0 Å². The van der Waals surface area contributed by atoms with E-state index in [4.69, 9.17) is 4.74 Å². The number of carbonyl (C=O) groups excluding carboxylic acids is 1. The first-order valence-corrected chi connectivity index (χ1v) is 9.46. The van der Waals surface area contributed by atoms with Crippen LogP contribution in [0.25, 0.3) is 0 Å². The molecule has 0 spiro atoms. The largest absolute Gasteiger partial charge is 0.494 e. The van der Waals surface area contributed by atoms with E-state index in [1.165, 1.54) is 12.1 Å². The van der Waals surface area contributed by atoms with Crippen LogP contribution < -0.4 is 15.0 Å². The second-order valence-electron chi connectivity index (χ2n) is 5.74. The first-order valence-electron chi connectivity index (χ1n) is 7.98. The number of hydrazine groups is 1. The van der Waals surface area contributed by atoms with Crippen molar-refractivity contribution in [1.29, 1.82) is 0 Å². The normalized spacial score (nSPS) is 11.4. The Morgan fingerprint density at radius 3 is 2.16 bits per heavy atom. The fourth-order valence-electron chi connectivity index (χ4n) is 2.15. The maximum Gasteiger partial charge on any atom is 0.266 e. The van der Waals surface area contributed by atoms with E-state index < -0.39 is 15.9 Å². The van der Waals surface area contributed by atoms with Crippen molar-refractivity contribution in [2.45, 2.75) is 31.6 Å². The van der Waals surface area contributed by atoms with Gasteiger partial charge in [0.2, 0.25) is 0 Å². The first-order chi connectivity index (χ1) is 11.8. The van der Waals surface area contributed by atoms with Crippen LogP contribution in [0.1, 0.15) is 42.6 Å². The molecule has 0 radical (unpaired) electrons. The van der Waals surface area contributed by atoms with Gasteiger partial charge in [-0.25, -0.2) is 8.42 Å². The van der Waals surface area contributed by atoms with E-state index in [9.17, 15) is 13.2 Å². The van der Waals surface area contributed by atoms with Crippen molar-refractivity contribution in [3.8, 4) is 5.75 Å². The Hall–Kier alpha value is -2.38. The van der Waals surface area contributed by atoms with Gasteiger partial charge in [-0.2, -0.15) is 0 Å². The van der Waals surface area contributed by atoms with Crippen molar-refractivity contribution in [3.63, 3.8) is 0 Å². The van der Waals surface area contributed by atoms with Gasteiger partial charge in [0.25, 0.3) is 15.9 Å². The monoisotopic (exact) mass is 362 g/mol. The van der Waals surface area contributed by atoms with E-state index in [2.05, 4.69) is 24.1 Å². The highest BCUT2D eigenvalue weighted by molar-refractivity contribution is 7.89. The lowest BCUT2D eigenvalue weighted by Gasteiger charge is -2.10. The number of sulfonamides is 1. The Morgan fingerprint density at radius 1 is 1.04 bits per heavy atom. The summed E-state index contributed by atoms with van der Waals surface area (Å²) in [6.45, 7) is 6.45. The number of hydrogen-bond acceptors (Lipinski definition) is 4. The molecule has 0 fully saturated rings. The fourth-order valence-corrected chi connectivity index (χ4v) is 2.99. The Bertz CT molecular complexity index is 813. The predicted octanol–water partition coefficient (Wildman–Crippen LogP) is 2.83. The molecule has 25 heavy (non-hydrogen) atoms. The molecular formula is C18H22N2O4S. The summed E-state index contributed by atoms with van der Waals surface area (Å²) in [5.41, 5.74) is 3.70. The van der Waals surface area contributed by atoms with Crippen LogP contribution in [-0.4, -0.2) is 20.9 Å². The van der Waals surface area contributed by atoms with E-state index in [0.717, 1.165) is 5.56 Å². The summed E-state index contributed by atoms with van der Waals surface area (Å²) >= 11 is 0. The minimum absolute atomic E-state index is 0.0337. The van der Waals surface area contributed by atoms with Crippen LogP contribution >= 0.6 is 0 Å². The summed E-state index contributed by atoms with van der Waals surface area (Å²) in [6, 6.07) is 13.0. The molecule has 2 aromatic rings. The molecule has 6 nitrogen and oxygen atoms in total. The molecule has 0 saturated carbocycles. The molecule has 2 N–H and O–H groups in total. The zero-order valence-corrected chi connectivity index (χ0v) is 15.3. The maximum atomic E-state index is 12.2. The molecule has 0 aliphatic rings. The summed E-state index contributed by atoms with van der Waals surface area (Å²) in [7, 11) is -3.85. The smallest absolute Gasteiger partial charge is 0.266 e. The Balaban J connectivity index is 2.02. The third-order valence-electron chi connectivity index (χ3n) is 3.58. The van der Waals surface area contributed by atoms with Gasteiger partial charge in [0.15, 0.2) is 0 Å². The second-order valence-corrected chi connectivity index (χ2v) is 7.42. The number of ether oxygens (including phenoxy) is 1. The topological polar surface area (TPSA) is 84.5 Å². The fraction of sp³-hybridized carbons (Fsp3) is 0.278. The Labute approximate surface area is 148 Å². The van der Waals surface area contributed by atoms with Gasteiger partial charge < -0.3 is 4.74 Å². The van der Waals surface area contributed by atoms with Crippen LogP contribution in [0.2, 0.25) is 0 Å². The van der Waals surface area contributed by atoms with Crippen molar-refractivity contribution in [2.24, 2.45) is 0 Å². The van der Waals surface area contributed by atoms with Crippen LogP contribution in [0.4, 0.5) is 0 Å². The summed E-state index contributed by atoms with van der Waals surface area (Å²) in [4.78, 5) is 14.2. The second kappa shape index (κ2) is 8.13. The number of amides is 1. The van der Waals surface area contributed by atoms with Crippen molar-refractivity contribution in [1.82, 2.24) is 10.3 Å². The molecule has 0 aromatic heterocycles. The lowest BCUT2D eigenvalue weighted by molar-refractivity contribution is 0.0945. The van der Waals surface area contributed by atoms with Crippen molar-refractivity contribution >= 4 is 15.9 Å². The minimum Gasteiger partial charge on any atom is -0.494 e. The molecule has 134 valence electrons. The van der Waals surface area contributed by atoms with E-state index in [-0.39, 0.29) is 4.90 Å². The van der Waals surface area contributed by atoms with E-state index in [1.807, 2.05) is 19.1 Å². The van der Waals surface area contributed by atoms with Gasteiger partial charge in [-0.3, -0.25) is 10.2 Å². The Kier molecular flexibility index (Phi) is 6.17. The van der Waals surface area contributed by atoms with Crippen molar-refractivity contribution in [3.05, 3.63) is 59.7 Å². The zero-order valence-electron chi connectivity index (χ0n) is 14.4. The van der Waals surface area contributed by atoms with Gasteiger partial charge in [-0.05, 0) is 54.8 Å². The molecule has 0 aliphatic heterocycles. The van der Waals surface area contributed by atoms with Gasteiger partial charge in [-0.1, -0.05) is 26.0 Å². The SMILES string of the molecule is CCOc1ccc(S(=O)(=O)NNC(=O)c2ccc(C(C)C)cc2)cc1. The van der Waals surface area contributed by atoms with E-state index >= 15 is 0 Å². The maximum absolute atomic E-state index is 12.2. The van der Waals surface area contributed by atoms with Crippen LogP contribution in [0.3, 0.4) is 0 Å². The summed E-state index contributed by atoms with van der Waals surface area (Å²) < 4.78 is 29.7. The molecule has 0 bridgehead atoms. The minimum atomic E-state index is -3.85. The molecule has 7 heteroatoms. The predicted molar refractivity (Wildman–Crippen MR) is 95.9 cm³/mol. The van der Waals surface area contributed by atoms with Crippen molar-refractivity contribution < 1.29 is 17.9 Å². The quantitative estimate of drug-likeness (QED) is 0.742. The average molecular weight is 362 g/mol. The number of hydrogen-bond donors (Lipinski definition) is 2. The van der Waals surface area contributed by atoms with Crippen LogP contribution in [0.5, 0.6) is 5.75 Å². The van der Waals surface area contributed by atoms with Crippen LogP contribution in [0.15, 0.2) is 53.4 Å². The van der Waals surface area contributed by atoms with Gasteiger partial charge in [-0.15, -0.1) is 4.83 Å². The summed E-state index contributed by atoms with van der Waals surface area (Å²) in [5.74, 6) is 0.413. The first kappa shape index (κ1) is 19.0. The number of rotatable bonds is 7. The van der Waals surface area contributed by atoms with Gasteiger partial charge in [0.05, 0.1) is 11.5 Å². The molecular weight excluding hydrogens is 340 g/mol. The molecule has 1 amide bonds. The molecule has 0 saturated heterocycles. The number of benzene rings is 2. The van der Waals surface area contributed by atoms with Gasteiger partial charge in [0.1, 0.15) is 5.75 Å². The molecule has 2 aromatic carbocycles. The standard InChI is InChI=1S/C18H22N2O4S/c1-4-24-16-9-11-17(12-10-16)25(22,23)20-19-18(21)15-7-5-14(6-8-15)13(2)3/h5-13,20H,4H2,1-3H3,(H,19,21). The summed E-state index contributed by atoms with van der Waals surface area (Å²) in [6.07, 6.45) is 0. The van der Waals surface area contributed by atoms with Crippen LogP contribution in [-0.2, 0) is 10.0 Å². The van der Waals surface area contributed by atoms with Crippen molar-refractivity contribution in [2.75, 3.05) is 6.61 Å². The summed E-state index contributed by atoms with van der Waals surface area (Å²) in [5, 5.41) is 0. The van der Waals surface area contributed by atoms with Gasteiger partial charge >= 0.3 is 0 Å². The number of nitrogens with one attached hydrogen (secondary N) is 2. The average Bonchev–Trinajstić information content (AvgIpc) is 2.60. The molecule has 0 heterocycles. The molecule has 0 unspecified atom stereocenters. The van der Waals surface area contributed by atoms with E-state index in [0.29, 0.717) is 23.8 Å².